The molecule has 1 atom stereocenters. The fraction of sp³-hybridized carbons (Fsp3) is 0.167. The highest BCUT2D eigenvalue weighted by atomic mass is 16.4. The Balaban J connectivity index is 1.58. The van der Waals surface area contributed by atoms with Crippen molar-refractivity contribution in [2.24, 2.45) is 0 Å². The summed E-state index contributed by atoms with van der Waals surface area (Å²) in [5.41, 5.74) is 3.36. The fourth-order valence-corrected chi connectivity index (χ4v) is 4.22. The third-order valence-electron chi connectivity index (χ3n) is 6.18. The summed E-state index contributed by atoms with van der Waals surface area (Å²) in [6, 6.07) is 28.0. The largest absolute Gasteiger partial charge is 0.481 e. The number of amides is 2. The zero-order chi connectivity index (χ0) is 25.5. The number of carboxylic acids is 1. The zero-order valence-electron chi connectivity index (χ0n) is 20.0. The van der Waals surface area contributed by atoms with Gasteiger partial charge in [0.15, 0.2) is 0 Å². The van der Waals surface area contributed by atoms with Gasteiger partial charge in [-0.15, -0.1) is 0 Å². The Hall–Kier alpha value is -4.45. The zero-order valence-corrected chi connectivity index (χ0v) is 20.0. The molecule has 0 heterocycles. The Morgan fingerprint density at radius 1 is 0.833 bits per heavy atom. The number of benzene rings is 4. The number of hydrogen-bond acceptors (Lipinski definition) is 3. The fourth-order valence-electron chi connectivity index (χ4n) is 4.22. The Morgan fingerprint density at radius 3 is 2.33 bits per heavy atom. The molecule has 0 aliphatic carbocycles. The van der Waals surface area contributed by atoms with Gasteiger partial charge in [0.2, 0.25) is 5.91 Å². The summed E-state index contributed by atoms with van der Waals surface area (Å²) in [7, 11) is 0. The maximum absolute atomic E-state index is 13.4. The van der Waals surface area contributed by atoms with Crippen LogP contribution in [-0.4, -0.2) is 22.9 Å². The Morgan fingerprint density at radius 2 is 1.56 bits per heavy atom. The topological polar surface area (TPSA) is 95.5 Å². The maximum atomic E-state index is 13.4. The first-order chi connectivity index (χ1) is 17.4. The van der Waals surface area contributed by atoms with Crippen molar-refractivity contribution < 1.29 is 19.5 Å². The van der Waals surface area contributed by atoms with Gasteiger partial charge in [0.1, 0.15) is 0 Å². The molecule has 6 nitrogen and oxygen atoms in total. The van der Waals surface area contributed by atoms with Gasteiger partial charge in [0.05, 0.1) is 5.92 Å². The lowest BCUT2D eigenvalue weighted by Gasteiger charge is -2.18. The van der Waals surface area contributed by atoms with E-state index in [0.29, 0.717) is 29.8 Å². The summed E-state index contributed by atoms with van der Waals surface area (Å²) >= 11 is 0. The van der Waals surface area contributed by atoms with Crippen molar-refractivity contribution in [1.82, 2.24) is 0 Å². The highest BCUT2D eigenvalue weighted by molar-refractivity contribution is 6.05. The minimum absolute atomic E-state index is 0.0340. The molecule has 0 aliphatic heterocycles. The first-order valence-electron chi connectivity index (χ1n) is 11.9. The van der Waals surface area contributed by atoms with Gasteiger partial charge >= 0.3 is 5.97 Å². The quantitative estimate of drug-likeness (QED) is 0.264. The third kappa shape index (κ3) is 5.96. The summed E-state index contributed by atoms with van der Waals surface area (Å²) in [6.07, 6.45) is 0.955. The first kappa shape index (κ1) is 24.7. The van der Waals surface area contributed by atoms with Gasteiger partial charge in [-0.2, -0.15) is 0 Å². The lowest BCUT2D eigenvalue weighted by atomic mass is 9.94. The summed E-state index contributed by atoms with van der Waals surface area (Å²) < 4.78 is 0. The van der Waals surface area contributed by atoms with Crippen LogP contribution in [0.25, 0.3) is 10.8 Å². The predicted octanol–water partition coefficient (Wildman–Crippen LogP) is 6.24. The van der Waals surface area contributed by atoms with Gasteiger partial charge in [-0.25, -0.2) is 0 Å². The summed E-state index contributed by atoms with van der Waals surface area (Å²) in [4.78, 5) is 37.0. The molecule has 0 saturated heterocycles. The number of rotatable bonds is 9. The molecule has 4 aromatic rings. The second-order valence-corrected chi connectivity index (χ2v) is 8.72. The van der Waals surface area contributed by atoms with E-state index in [1.807, 2.05) is 61.5 Å². The summed E-state index contributed by atoms with van der Waals surface area (Å²) in [6.45, 7) is 1.86. The third-order valence-corrected chi connectivity index (χ3v) is 6.18. The van der Waals surface area contributed by atoms with Gasteiger partial charge in [0, 0.05) is 23.4 Å². The second kappa shape index (κ2) is 11.3. The molecule has 0 saturated carbocycles. The van der Waals surface area contributed by atoms with E-state index >= 15 is 0 Å². The number of nitrogens with one attached hydrogen (secondary N) is 2. The molecule has 0 aliphatic rings. The van der Waals surface area contributed by atoms with E-state index in [0.717, 1.165) is 21.9 Å². The van der Waals surface area contributed by atoms with Crippen molar-refractivity contribution in [1.29, 1.82) is 0 Å². The standard InChI is InChI=1S/C30H28N2O4/c1-20(25-15-7-12-21-9-5-6-14-26(21)25)29(35)32-27-19-24(18-17-22(27)13-8-16-28(33)34)31-30(36)23-10-3-2-4-11-23/h2-7,9-12,14-15,17-20H,8,13,16H2,1H3,(H,31,36)(H,32,35)(H,33,34). The second-order valence-electron chi connectivity index (χ2n) is 8.72. The minimum Gasteiger partial charge on any atom is -0.481 e. The lowest BCUT2D eigenvalue weighted by Crippen LogP contribution is -2.20. The van der Waals surface area contributed by atoms with Crippen LogP contribution in [0.1, 0.15) is 47.2 Å². The van der Waals surface area contributed by atoms with E-state index in [9.17, 15) is 14.4 Å². The molecule has 0 fully saturated rings. The summed E-state index contributed by atoms with van der Waals surface area (Å²) in [5, 5.41) is 17.0. The molecular weight excluding hydrogens is 452 g/mol. The van der Waals surface area contributed by atoms with Crippen molar-refractivity contribution in [2.45, 2.75) is 32.1 Å². The highest BCUT2D eigenvalue weighted by Gasteiger charge is 2.19. The van der Waals surface area contributed by atoms with Crippen LogP contribution in [0.3, 0.4) is 0 Å². The smallest absolute Gasteiger partial charge is 0.303 e. The monoisotopic (exact) mass is 480 g/mol. The van der Waals surface area contributed by atoms with Crippen molar-refractivity contribution in [3.05, 3.63) is 108 Å². The van der Waals surface area contributed by atoms with Gasteiger partial charge in [0.25, 0.3) is 5.91 Å². The molecule has 0 bridgehead atoms. The molecule has 36 heavy (non-hydrogen) atoms. The number of fused-ring (bicyclic) bond motifs is 1. The number of anilines is 2. The highest BCUT2D eigenvalue weighted by Crippen LogP contribution is 2.29. The SMILES string of the molecule is CC(C(=O)Nc1cc(NC(=O)c2ccccc2)ccc1CCCC(=O)O)c1cccc2ccccc12. The van der Waals surface area contributed by atoms with Crippen LogP contribution in [0.2, 0.25) is 0 Å². The Labute approximate surface area is 210 Å². The van der Waals surface area contributed by atoms with E-state index in [1.54, 1.807) is 36.4 Å². The van der Waals surface area contributed by atoms with Gasteiger partial charge in [-0.05, 0) is 65.9 Å². The molecule has 182 valence electrons. The van der Waals surface area contributed by atoms with Gasteiger partial charge in [-0.1, -0.05) is 66.7 Å². The molecule has 4 aromatic carbocycles. The molecule has 1 unspecified atom stereocenters. The van der Waals surface area contributed by atoms with Crippen molar-refractivity contribution in [3.63, 3.8) is 0 Å². The van der Waals surface area contributed by atoms with Gasteiger partial charge < -0.3 is 15.7 Å². The van der Waals surface area contributed by atoms with Crippen molar-refractivity contribution >= 4 is 39.9 Å². The van der Waals surface area contributed by atoms with E-state index in [2.05, 4.69) is 10.6 Å². The number of carbonyl (C=O) groups excluding carboxylic acids is 2. The van der Waals surface area contributed by atoms with E-state index in [1.165, 1.54) is 0 Å². The number of carboxylic acid groups (broad SMARTS) is 1. The van der Waals surface area contributed by atoms with Crippen molar-refractivity contribution in [3.8, 4) is 0 Å². The molecule has 4 rings (SSSR count). The number of aliphatic carboxylic acids is 1. The molecule has 2 amide bonds. The number of aryl methyl sites for hydroxylation is 1. The lowest BCUT2D eigenvalue weighted by molar-refractivity contribution is -0.137. The molecule has 6 heteroatoms. The molecule has 0 aromatic heterocycles. The van der Waals surface area contributed by atoms with Gasteiger partial charge in [-0.3, -0.25) is 14.4 Å². The van der Waals surface area contributed by atoms with Crippen LogP contribution in [0, 0.1) is 0 Å². The summed E-state index contributed by atoms with van der Waals surface area (Å²) in [5.74, 6) is -1.73. The molecule has 0 spiro atoms. The maximum Gasteiger partial charge on any atom is 0.303 e. The van der Waals surface area contributed by atoms with Crippen LogP contribution in [0.4, 0.5) is 11.4 Å². The molecule has 3 N–H and O–H groups in total. The predicted molar refractivity (Wildman–Crippen MR) is 142 cm³/mol. The van der Waals surface area contributed by atoms with Crippen LogP contribution < -0.4 is 10.6 Å². The average molecular weight is 481 g/mol. The van der Waals surface area contributed by atoms with Crippen LogP contribution in [0.5, 0.6) is 0 Å². The van der Waals surface area contributed by atoms with E-state index < -0.39 is 11.9 Å². The number of hydrogen-bond donors (Lipinski definition) is 3. The first-order valence-corrected chi connectivity index (χ1v) is 11.9. The average Bonchev–Trinajstić information content (AvgIpc) is 2.89. The van der Waals surface area contributed by atoms with Crippen LogP contribution >= 0.6 is 0 Å². The van der Waals surface area contributed by atoms with Crippen LogP contribution in [-0.2, 0) is 16.0 Å². The van der Waals surface area contributed by atoms with E-state index in [-0.39, 0.29) is 18.2 Å². The Bertz CT molecular complexity index is 1390. The van der Waals surface area contributed by atoms with E-state index in [4.69, 9.17) is 5.11 Å². The van der Waals surface area contributed by atoms with Crippen molar-refractivity contribution in [2.75, 3.05) is 10.6 Å². The minimum atomic E-state index is -0.864. The van der Waals surface area contributed by atoms with Crippen LogP contribution in [0.15, 0.2) is 91.0 Å². The molecular formula is C30H28N2O4. The number of carbonyl (C=O) groups is 3. The molecule has 0 radical (unpaired) electrons. The Kier molecular flexibility index (Phi) is 7.75. The normalized spacial score (nSPS) is 11.6.